The molecular weight excluding hydrogens is 570 g/mol. The topological polar surface area (TPSA) is 119 Å². The summed E-state index contributed by atoms with van der Waals surface area (Å²) in [4.78, 5) is 42.0. The van der Waals surface area contributed by atoms with E-state index in [-0.39, 0.29) is 24.4 Å². The molecule has 0 saturated carbocycles. The number of aromatic nitrogens is 4. The van der Waals surface area contributed by atoms with Crippen LogP contribution in [0.5, 0.6) is 0 Å². The van der Waals surface area contributed by atoms with Gasteiger partial charge in [0, 0.05) is 11.4 Å². The van der Waals surface area contributed by atoms with Crippen LogP contribution in [0, 0.1) is 6.92 Å². The summed E-state index contributed by atoms with van der Waals surface area (Å²) in [7, 11) is 0. The van der Waals surface area contributed by atoms with Crippen molar-refractivity contribution in [3.8, 4) is 11.1 Å². The lowest BCUT2D eigenvalue weighted by atomic mass is 10.00. The van der Waals surface area contributed by atoms with Crippen molar-refractivity contribution in [2.75, 3.05) is 11.1 Å². The van der Waals surface area contributed by atoms with E-state index in [2.05, 4.69) is 60.5 Å². The number of pyridine rings is 1. The second kappa shape index (κ2) is 10.3. The molecular formula is C30H28BrN7O2. The third-order valence-corrected chi connectivity index (χ3v) is 8.02. The third kappa shape index (κ3) is 4.58. The molecule has 0 bridgehead atoms. The normalized spacial score (nSPS) is 17.0. The molecule has 4 heterocycles. The van der Waals surface area contributed by atoms with E-state index in [0.717, 1.165) is 39.4 Å². The zero-order valence-corrected chi connectivity index (χ0v) is 23.7. The Morgan fingerprint density at radius 1 is 1.05 bits per heavy atom. The van der Waals surface area contributed by atoms with Crippen molar-refractivity contribution >= 4 is 61.3 Å². The standard InChI is InChI=1S/C30H28BrN7O2/c1-17-13-20(19-7-4-3-5-8-19)14-21-26-28(32)33-16-34-29(26)37(27(17)21)15-25(39)38-18(2)11-12-22(38)30(40)36-24-10-6-9-23(31)35-24/h3-10,13-14,16,18,22H,11-12,15H2,1-2H3,(H2,32,33,34)(H,35,36,40)/t18-,22+/m1/s1. The minimum atomic E-state index is -0.596. The number of benzene rings is 2. The summed E-state index contributed by atoms with van der Waals surface area (Å²) in [6, 6.07) is 18.9. The van der Waals surface area contributed by atoms with Gasteiger partial charge in [0.25, 0.3) is 0 Å². The van der Waals surface area contributed by atoms with Crippen LogP contribution in [0.4, 0.5) is 11.6 Å². The van der Waals surface area contributed by atoms with Gasteiger partial charge in [-0.15, -0.1) is 0 Å². The minimum absolute atomic E-state index is 0.0191. The molecule has 3 N–H and O–H groups in total. The molecule has 40 heavy (non-hydrogen) atoms. The van der Waals surface area contributed by atoms with Gasteiger partial charge in [-0.3, -0.25) is 9.59 Å². The summed E-state index contributed by atoms with van der Waals surface area (Å²) in [5.74, 6) is 0.389. The van der Waals surface area contributed by atoms with Gasteiger partial charge in [0.05, 0.1) is 10.9 Å². The average molecular weight is 599 g/mol. The van der Waals surface area contributed by atoms with Crippen molar-refractivity contribution in [3.63, 3.8) is 0 Å². The van der Waals surface area contributed by atoms with Gasteiger partial charge in [-0.05, 0) is 83.6 Å². The highest BCUT2D eigenvalue weighted by atomic mass is 79.9. The number of carbonyl (C=O) groups is 2. The fourth-order valence-corrected chi connectivity index (χ4v) is 6.15. The number of carbonyl (C=O) groups excluding carboxylic acids is 2. The van der Waals surface area contributed by atoms with Crippen LogP contribution in [-0.2, 0) is 16.1 Å². The molecule has 1 saturated heterocycles. The maximum atomic E-state index is 13.9. The maximum absolute atomic E-state index is 13.9. The van der Waals surface area contributed by atoms with Gasteiger partial charge in [-0.2, -0.15) is 0 Å². The van der Waals surface area contributed by atoms with Crippen molar-refractivity contribution < 1.29 is 9.59 Å². The minimum Gasteiger partial charge on any atom is -0.383 e. The fraction of sp³-hybridized carbons (Fsp3) is 0.233. The predicted octanol–water partition coefficient (Wildman–Crippen LogP) is 5.32. The van der Waals surface area contributed by atoms with Crippen LogP contribution in [0.25, 0.3) is 33.1 Å². The SMILES string of the molecule is Cc1cc(-c2ccccc2)cc2c3c(N)ncnc3n(CC(=O)N3[C@H](C)CC[C@H]3C(=O)Nc3cccc(Br)n3)c12. The molecule has 2 aromatic carbocycles. The summed E-state index contributed by atoms with van der Waals surface area (Å²) in [5, 5.41) is 4.48. The number of rotatable bonds is 5. The molecule has 1 aliphatic heterocycles. The van der Waals surface area contributed by atoms with Crippen LogP contribution in [0.3, 0.4) is 0 Å². The lowest BCUT2D eigenvalue weighted by molar-refractivity contribution is -0.138. The molecule has 2 atom stereocenters. The second-order valence-electron chi connectivity index (χ2n) is 10.2. The average Bonchev–Trinajstić information content (AvgIpc) is 3.48. The number of anilines is 2. The molecule has 9 nitrogen and oxygen atoms in total. The van der Waals surface area contributed by atoms with Gasteiger partial charge in [0.1, 0.15) is 40.8 Å². The van der Waals surface area contributed by atoms with E-state index in [9.17, 15) is 9.59 Å². The number of fused-ring (bicyclic) bond motifs is 3. The smallest absolute Gasteiger partial charge is 0.248 e. The van der Waals surface area contributed by atoms with Crippen LogP contribution in [0.2, 0.25) is 0 Å². The number of hydrogen-bond acceptors (Lipinski definition) is 6. The molecule has 202 valence electrons. The number of nitrogen functional groups attached to an aromatic ring is 1. The molecule has 3 aromatic heterocycles. The number of halogens is 1. The van der Waals surface area contributed by atoms with Gasteiger partial charge < -0.3 is 20.5 Å². The summed E-state index contributed by atoms with van der Waals surface area (Å²) in [5.41, 5.74) is 11.0. The lowest BCUT2D eigenvalue weighted by Gasteiger charge is -2.28. The largest absolute Gasteiger partial charge is 0.383 e. The van der Waals surface area contributed by atoms with E-state index in [1.54, 1.807) is 23.1 Å². The summed E-state index contributed by atoms with van der Waals surface area (Å²) < 4.78 is 2.53. The highest BCUT2D eigenvalue weighted by Crippen LogP contribution is 2.36. The quantitative estimate of drug-likeness (QED) is 0.265. The predicted molar refractivity (Wildman–Crippen MR) is 160 cm³/mol. The molecule has 0 radical (unpaired) electrons. The van der Waals surface area contributed by atoms with Crippen LogP contribution < -0.4 is 11.1 Å². The van der Waals surface area contributed by atoms with Crippen molar-refractivity contribution in [1.29, 1.82) is 0 Å². The van der Waals surface area contributed by atoms with Crippen molar-refractivity contribution in [3.05, 3.63) is 77.2 Å². The Kier molecular flexibility index (Phi) is 6.71. The Morgan fingerprint density at radius 3 is 2.62 bits per heavy atom. The van der Waals surface area contributed by atoms with E-state index in [4.69, 9.17) is 5.73 Å². The molecule has 1 fully saturated rings. The summed E-state index contributed by atoms with van der Waals surface area (Å²) in [6.07, 6.45) is 2.73. The van der Waals surface area contributed by atoms with E-state index >= 15 is 0 Å². The monoisotopic (exact) mass is 597 g/mol. The number of nitrogens with two attached hydrogens (primary N) is 1. The number of nitrogens with one attached hydrogen (secondary N) is 1. The zero-order valence-electron chi connectivity index (χ0n) is 22.1. The number of aryl methyl sites for hydroxylation is 1. The molecule has 1 aliphatic rings. The molecule has 5 aromatic rings. The number of amides is 2. The van der Waals surface area contributed by atoms with Gasteiger partial charge in [0.15, 0.2) is 0 Å². The van der Waals surface area contributed by atoms with E-state index < -0.39 is 6.04 Å². The van der Waals surface area contributed by atoms with Gasteiger partial charge in [0.2, 0.25) is 11.8 Å². The fourth-order valence-electron chi connectivity index (χ4n) is 5.80. The molecule has 0 aliphatic carbocycles. The molecule has 6 rings (SSSR count). The van der Waals surface area contributed by atoms with Crippen LogP contribution >= 0.6 is 15.9 Å². The van der Waals surface area contributed by atoms with E-state index in [1.165, 1.54) is 6.33 Å². The Bertz CT molecular complexity index is 1770. The van der Waals surface area contributed by atoms with E-state index in [0.29, 0.717) is 28.3 Å². The first-order chi connectivity index (χ1) is 19.3. The summed E-state index contributed by atoms with van der Waals surface area (Å²) >= 11 is 3.33. The lowest BCUT2D eigenvalue weighted by Crippen LogP contribution is -2.47. The maximum Gasteiger partial charge on any atom is 0.248 e. The number of likely N-dealkylation sites (tertiary alicyclic amines) is 1. The van der Waals surface area contributed by atoms with Gasteiger partial charge in [-0.25, -0.2) is 15.0 Å². The van der Waals surface area contributed by atoms with E-state index in [1.807, 2.05) is 36.6 Å². The Balaban J connectivity index is 1.38. The first kappa shape index (κ1) is 25.9. The van der Waals surface area contributed by atoms with Crippen molar-refractivity contribution in [2.24, 2.45) is 0 Å². The van der Waals surface area contributed by atoms with Gasteiger partial charge >= 0.3 is 0 Å². The first-order valence-electron chi connectivity index (χ1n) is 13.1. The zero-order chi connectivity index (χ0) is 28.0. The van der Waals surface area contributed by atoms with Crippen molar-refractivity contribution in [1.82, 2.24) is 24.4 Å². The number of hydrogen-bond donors (Lipinski definition) is 2. The molecule has 2 amide bonds. The van der Waals surface area contributed by atoms with Crippen molar-refractivity contribution in [2.45, 2.75) is 45.3 Å². The van der Waals surface area contributed by atoms with Crippen LogP contribution in [-0.4, -0.2) is 48.3 Å². The first-order valence-corrected chi connectivity index (χ1v) is 13.9. The Hall–Kier alpha value is -4.31. The number of nitrogens with zero attached hydrogens (tertiary/aromatic N) is 5. The highest BCUT2D eigenvalue weighted by molar-refractivity contribution is 9.10. The molecule has 10 heteroatoms. The summed E-state index contributed by atoms with van der Waals surface area (Å²) in [6.45, 7) is 4.02. The second-order valence-corrected chi connectivity index (χ2v) is 11.0. The third-order valence-electron chi connectivity index (χ3n) is 7.58. The molecule has 0 unspecified atom stereocenters. The Labute approximate surface area is 239 Å². The molecule has 0 spiro atoms. The Morgan fingerprint density at radius 2 is 1.85 bits per heavy atom. The van der Waals surface area contributed by atoms with Crippen LogP contribution in [0.15, 0.2) is 71.6 Å². The highest BCUT2D eigenvalue weighted by Gasteiger charge is 2.39. The van der Waals surface area contributed by atoms with Gasteiger partial charge in [-0.1, -0.05) is 36.4 Å². The van der Waals surface area contributed by atoms with Crippen LogP contribution in [0.1, 0.15) is 25.3 Å².